The third-order valence-electron chi connectivity index (χ3n) is 3.46. The molecule has 2 atom stereocenters. The van der Waals surface area contributed by atoms with Gasteiger partial charge in [-0.15, -0.1) is 0 Å². The maximum absolute atomic E-state index is 10.4. The van der Waals surface area contributed by atoms with Crippen LogP contribution in [0.3, 0.4) is 0 Å². The van der Waals surface area contributed by atoms with Crippen LogP contribution in [0.4, 0.5) is 0 Å². The number of aliphatic hydroxyl groups is 1. The molecule has 0 bridgehead atoms. The standard InChI is InChI=1S/C12H21BrN2O/c1-6-8(2)12(4,16)7-10-11(13)9(3)14-15(10)5/h8,16H,6-7H2,1-5H3. The highest BCUT2D eigenvalue weighted by atomic mass is 79.9. The fraction of sp³-hybridized carbons (Fsp3) is 0.750. The molecule has 1 N–H and O–H groups in total. The lowest BCUT2D eigenvalue weighted by molar-refractivity contribution is 0.00344. The Morgan fingerprint density at radius 2 is 2.12 bits per heavy atom. The molecule has 4 heteroatoms. The highest BCUT2D eigenvalue weighted by Gasteiger charge is 2.29. The minimum absolute atomic E-state index is 0.273. The Hall–Kier alpha value is -0.350. The molecule has 1 rings (SSSR count). The van der Waals surface area contributed by atoms with Crippen molar-refractivity contribution in [3.05, 3.63) is 15.9 Å². The molecule has 0 spiro atoms. The Morgan fingerprint density at radius 3 is 2.50 bits per heavy atom. The van der Waals surface area contributed by atoms with Crippen LogP contribution in [0, 0.1) is 12.8 Å². The Bertz CT molecular complexity index is 371. The molecule has 0 aliphatic heterocycles. The van der Waals surface area contributed by atoms with Crippen molar-refractivity contribution in [3.63, 3.8) is 0 Å². The number of halogens is 1. The molecule has 0 saturated carbocycles. The van der Waals surface area contributed by atoms with E-state index in [1.54, 1.807) is 0 Å². The van der Waals surface area contributed by atoms with E-state index in [2.05, 4.69) is 34.9 Å². The van der Waals surface area contributed by atoms with Gasteiger partial charge in [0.25, 0.3) is 0 Å². The van der Waals surface area contributed by atoms with Gasteiger partial charge in [-0.05, 0) is 35.7 Å². The smallest absolute Gasteiger partial charge is 0.0738 e. The van der Waals surface area contributed by atoms with Crippen molar-refractivity contribution < 1.29 is 5.11 Å². The molecule has 0 amide bonds. The van der Waals surface area contributed by atoms with Crippen LogP contribution in [0.5, 0.6) is 0 Å². The van der Waals surface area contributed by atoms with Crippen molar-refractivity contribution in [2.24, 2.45) is 13.0 Å². The zero-order valence-corrected chi connectivity index (χ0v) is 12.3. The minimum atomic E-state index is -0.683. The van der Waals surface area contributed by atoms with Gasteiger partial charge in [0.1, 0.15) is 0 Å². The topological polar surface area (TPSA) is 38.1 Å². The normalized spacial score (nSPS) is 17.2. The monoisotopic (exact) mass is 288 g/mol. The summed E-state index contributed by atoms with van der Waals surface area (Å²) in [5.41, 5.74) is 1.34. The number of hydrogen-bond acceptors (Lipinski definition) is 2. The first-order valence-corrected chi connectivity index (χ1v) is 6.49. The van der Waals surface area contributed by atoms with Gasteiger partial charge in [-0.2, -0.15) is 5.10 Å². The van der Waals surface area contributed by atoms with Crippen LogP contribution in [0.15, 0.2) is 4.47 Å². The quantitative estimate of drug-likeness (QED) is 0.925. The Labute approximate surface area is 106 Å². The van der Waals surface area contributed by atoms with Gasteiger partial charge in [-0.25, -0.2) is 0 Å². The SMILES string of the molecule is CCC(C)C(C)(O)Cc1c(Br)c(C)nn1C. The summed E-state index contributed by atoms with van der Waals surface area (Å²) in [4.78, 5) is 0. The molecule has 3 nitrogen and oxygen atoms in total. The number of nitrogens with zero attached hydrogens (tertiary/aromatic N) is 2. The van der Waals surface area contributed by atoms with Crippen molar-refractivity contribution in [1.29, 1.82) is 0 Å². The predicted molar refractivity (Wildman–Crippen MR) is 69.4 cm³/mol. The summed E-state index contributed by atoms with van der Waals surface area (Å²) in [5, 5.41) is 14.8. The van der Waals surface area contributed by atoms with Crippen LogP contribution < -0.4 is 0 Å². The van der Waals surface area contributed by atoms with Gasteiger partial charge < -0.3 is 5.11 Å². The van der Waals surface area contributed by atoms with Gasteiger partial charge >= 0.3 is 0 Å². The lowest BCUT2D eigenvalue weighted by atomic mass is 9.85. The van der Waals surface area contributed by atoms with Gasteiger partial charge in [0.2, 0.25) is 0 Å². The fourth-order valence-electron chi connectivity index (χ4n) is 1.83. The van der Waals surface area contributed by atoms with Crippen LogP contribution in [0.1, 0.15) is 38.6 Å². The van der Waals surface area contributed by atoms with Gasteiger partial charge in [0.15, 0.2) is 0 Å². The predicted octanol–water partition coefficient (Wildman–Crippen LogP) is 2.83. The van der Waals surface area contributed by atoms with Gasteiger partial charge in [0.05, 0.1) is 21.5 Å². The van der Waals surface area contributed by atoms with Crippen LogP contribution in [0.2, 0.25) is 0 Å². The Balaban J connectivity index is 2.96. The van der Waals surface area contributed by atoms with Gasteiger partial charge in [-0.1, -0.05) is 20.3 Å². The summed E-state index contributed by atoms with van der Waals surface area (Å²) in [7, 11) is 1.92. The Morgan fingerprint density at radius 1 is 1.56 bits per heavy atom. The molecular formula is C12H21BrN2O. The van der Waals surface area contributed by atoms with Gasteiger partial charge in [-0.3, -0.25) is 4.68 Å². The van der Waals surface area contributed by atoms with E-state index in [9.17, 15) is 5.11 Å². The van der Waals surface area contributed by atoms with E-state index >= 15 is 0 Å². The number of aromatic nitrogens is 2. The first kappa shape index (κ1) is 13.7. The number of hydrogen-bond donors (Lipinski definition) is 1. The van der Waals surface area contributed by atoms with E-state index in [4.69, 9.17) is 0 Å². The van der Waals surface area contributed by atoms with Crippen molar-refractivity contribution in [3.8, 4) is 0 Å². The first-order valence-electron chi connectivity index (χ1n) is 5.70. The van der Waals surface area contributed by atoms with Crippen molar-refractivity contribution in [2.45, 2.75) is 46.1 Å². The van der Waals surface area contributed by atoms with Crippen LogP contribution in [-0.2, 0) is 13.5 Å². The Kier molecular flexibility index (Phi) is 4.18. The number of rotatable bonds is 4. The van der Waals surface area contributed by atoms with Crippen molar-refractivity contribution >= 4 is 15.9 Å². The van der Waals surface area contributed by atoms with E-state index in [1.165, 1.54) is 0 Å². The van der Waals surface area contributed by atoms with E-state index in [-0.39, 0.29) is 5.92 Å². The molecule has 0 aromatic carbocycles. The fourth-order valence-corrected chi connectivity index (χ4v) is 2.30. The molecule has 0 saturated heterocycles. The van der Waals surface area contributed by atoms with E-state index in [0.29, 0.717) is 6.42 Å². The molecular weight excluding hydrogens is 268 g/mol. The second-order valence-corrected chi connectivity index (χ2v) is 5.61. The second-order valence-electron chi connectivity index (χ2n) is 4.81. The third-order valence-corrected chi connectivity index (χ3v) is 4.49. The molecule has 1 heterocycles. The average Bonchev–Trinajstić information content (AvgIpc) is 2.43. The van der Waals surface area contributed by atoms with Crippen LogP contribution in [0.25, 0.3) is 0 Å². The third kappa shape index (κ3) is 2.66. The molecule has 92 valence electrons. The summed E-state index contributed by atoms with van der Waals surface area (Å²) < 4.78 is 2.86. The summed E-state index contributed by atoms with van der Waals surface area (Å²) in [6, 6.07) is 0. The lowest BCUT2D eigenvalue weighted by Gasteiger charge is -2.29. The zero-order chi connectivity index (χ0) is 12.5. The summed E-state index contributed by atoms with van der Waals surface area (Å²) in [6.07, 6.45) is 1.60. The lowest BCUT2D eigenvalue weighted by Crippen LogP contribution is -2.35. The molecule has 1 aromatic rings. The summed E-state index contributed by atoms with van der Waals surface area (Å²) in [5.74, 6) is 0.273. The van der Waals surface area contributed by atoms with Crippen molar-refractivity contribution in [1.82, 2.24) is 9.78 Å². The molecule has 1 aromatic heterocycles. The molecule has 2 unspecified atom stereocenters. The minimum Gasteiger partial charge on any atom is -0.389 e. The van der Waals surface area contributed by atoms with E-state index < -0.39 is 5.60 Å². The average molecular weight is 289 g/mol. The van der Waals surface area contributed by atoms with E-state index in [1.807, 2.05) is 25.6 Å². The molecule has 0 aliphatic rings. The summed E-state index contributed by atoms with van der Waals surface area (Å²) in [6.45, 7) is 8.04. The van der Waals surface area contributed by atoms with E-state index in [0.717, 1.165) is 22.3 Å². The van der Waals surface area contributed by atoms with Crippen LogP contribution >= 0.6 is 15.9 Å². The van der Waals surface area contributed by atoms with Crippen LogP contribution in [-0.4, -0.2) is 20.5 Å². The highest BCUT2D eigenvalue weighted by Crippen LogP contribution is 2.29. The molecule has 16 heavy (non-hydrogen) atoms. The maximum Gasteiger partial charge on any atom is 0.0738 e. The van der Waals surface area contributed by atoms with Crippen molar-refractivity contribution in [2.75, 3.05) is 0 Å². The number of aryl methyl sites for hydroxylation is 2. The highest BCUT2D eigenvalue weighted by molar-refractivity contribution is 9.10. The first-order chi connectivity index (χ1) is 7.29. The van der Waals surface area contributed by atoms with Gasteiger partial charge in [0, 0.05) is 13.5 Å². The molecule has 0 aliphatic carbocycles. The largest absolute Gasteiger partial charge is 0.389 e. The zero-order valence-electron chi connectivity index (χ0n) is 10.7. The second kappa shape index (κ2) is 4.88. The maximum atomic E-state index is 10.4. The molecule has 0 radical (unpaired) electrons. The molecule has 0 fully saturated rings. The summed E-state index contributed by atoms with van der Waals surface area (Å²) >= 11 is 3.53.